The molecule has 1 aliphatic rings. The van der Waals surface area contributed by atoms with E-state index in [1.54, 1.807) is 0 Å². The minimum absolute atomic E-state index is 0.0416. The van der Waals surface area contributed by atoms with Crippen molar-refractivity contribution in [1.29, 1.82) is 0 Å². The van der Waals surface area contributed by atoms with Crippen molar-refractivity contribution in [3.63, 3.8) is 0 Å². The van der Waals surface area contributed by atoms with Crippen LogP contribution in [0, 0.1) is 6.92 Å². The highest BCUT2D eigenvalue weighted by Gasteiger charge is 2.48. The topological polar surface area (TPSA) is 33.7 Å². The Labute approximate surface area is 127 Å². The Morgan fingerprint density at radius 2 is 1.78 bits per heavy atom. The minimum Gasteiger partial charge on any atom is -0.481 e. The van der Waals surface area contributed by atoms with Crippen LogP contribution in [0.3, 0.4) is 0 Å². The molecule has 10 heteroatoms. The molecule has 0 radical (unpaired) electrons. The van der Waals surface area contributed by atoms with Gasteiger partial charge in [-0.1, -0.05) is 0 Å². The van der Waals surface area contributed by atoms with Gasteiger partial charge in [-0.05, 0) is 30.7 Å². The average molecular weight is 342 g/mol. The van der Waals surface area contributed by atoms with Gasteiger partial charge in [-0.15, -0.1) is 13.2 Å². The Balaban J connectivity index is 2.37. The Morgan fingerprint density at radius 1 is 1.13 bits per heavy atom. The molecule has 4 nitrogen and oxygen atoms in total. The van der Waals surface area contributed by atoms with E-state index in [0.29, 0.717) is 0 Å². The number of nitrogens with one attached hydrogen (secondary N) is 1. The number of rotatable bonds is 3. The van der Waals surface area contributed by atoms with E-state index in [-0.39, 0.29) is 17.1 Å². The van der Waals surface area contributed by atoms with Gasteiger partial charge in [-0.3, -0.25) is 4.90 Å². The minimum atomic E-state index is -4.88. The number of ether oxygens (including phenoxy) is 2. The lowest BCUT2D eigenvalue weighted by Gasteiger charge is -2.30. The van der Waals surface area contributed by atoms with Crippen LogP contribution in [0.2, 0.25) is 0 Å². The fourth-order valence-electron chi connectivity index (χ4n) is 2.17. The molecule has 0 aromatic heterocycles. The van der Waals surface area contributed by atoms with Crippen molar-refractivity contribution in [2.75, 3.05) is 12.0 Å². The van der Waals surface area contributed by atoms with E-state index in [2.05, 4.69) is 10.1 Å². The molecule has 0 saturated heterocycles. The van der Waals surface area contributed by atoms with E-state index in [9.17, 15) is 26.3 Å². The summed E-state index contributed by atoms with van der Waals surface area (Å²) in [6.07, 6.45) is -10.5. The van der Waals surface area contributed by atoms with Gasteiger partial charge in [0, 0.05) is 5.69 Å². The first-order chi connectivity index (χ1) is 10.5. The van der Waals surface area contributed by atoms with Gasteiger partial charge in [0.25, 0.3) is 0 Å². The van der Waals surface area contributed by atoms with E-state index in [4.69, 9.17) is 4.74 Å². The van der Waals surface area contributed by atoms with Crippen molar-refractivity contribution in [3.05, 3.63) is 35.8 Å². The summed E-state index contributed by atoms with van der Waals surface area (Å²) in [6.45, 7) is 1.37. The summed E-state index contributed by atoms with van der Waals surface area (Å²) < 4.78 is 84.4. The van der Waals surface area contributed by atoms with Gasteiger partial charge in [0.2, 0.25) is 12.0 Å². The Morgan fingerprint density at radius 3 is 2.26 bits per heavy atom. The standard InChI is InChI=1S/C13H12F6N2O2/c1-7-5-8(23-13(17,18)19)3-4-9(7)21-10(22-2)6-20-11(21)12(14,15)16/h3-6,11,20H,1-2H3. The third-order valence-corrected chi connectivity index (χ3v) is 3.04. The second-order valence-corrected chi connectivity index (χ2v) is 4.66. The number of anilines is 1. The zero-order valence-electron chi connectivity index (χ0n) is 11.9. The fourth-order valence-corrected chi connectivity index (χ4v) is 2.17. The molecule has 1 atom stereocenters. The molecule has 0 amide bonds. The molecule has 1 heterocycles. The van der Waals surface area contributed by atoms with Crippen LogP contribution >= 0.6 is 0 Å². The highest BCUT2D eigenvalue weighted by Crippen LogP contribution is 2.37. The number of aryl methyl sites for hydroxylation is 1. The number of halogens is 6. The smallest absolute Gasteiger partial charge is 0.481 e. The van der Waals surface area contributed by atoms with Gasteiger partial charge in [-0.2, -0.15) is 13.2 Å². The summed E-state index contributed by atoms with van der Waals surface area (Å²) in [5, 5.41) is 2.13. The number of hydrogen-bond acceptors (Lipinski definition) is 4. The van der Waals surface area contributed by atoms with Crippen LogP contribution in [0.15, 0.2) is 30.3 Å². The van der Waals surface area contributed by atoms with E-state index >= 15 is 0 Å². The van der Waals surface area contributed by atoms with Gasteiger partial charge in [0.1, 0.15) is 5.75 Å². The second kappa shape index (κ2) is 5.74. The van der Waals surface area contributed by atoms with Gasteiger partial charge >= 0.3 is 12.5 Å². The molecule has 1 aromatic carbocycles. The Hall–Kier alpha value is -2.26. The number of methoxy groups -OCH3 is 1. The molecule has 0 spiro atoms. The Kier molecular flexibility index (Phi) is 4.27. The number of benzene rings is 1. The SMILES string of the molecule is COC1=CNC(C(F)(F)F)N1c1ccc(OC(F)(F)F)cc1C. The maximum Gasteiger partial charge on any atom is 0.573 e. The molecule has 0 fully saturated rings. The predicted octanol–water partition coefficient (Wildman–Crippen LogP) is 3.64. The monoisotopic (exact) mass is 342 g/mol. The third kappa shape index (κ3) is 3.74. The lowest BCUT2D eigenvalue weighted by atomic mass is 10.1. The van der Waals surface area contributed by atoms with Crippen LogP contribution < -0.4 is 15.0 Å². The second-order valence-electron chi connectivity index (χ2n) is 4.66. The van der Waals surface area contributed by atoms with Crippen LogP contribution in [0.5, 0.6) is 5.75 Å². The van der Waals surface area contributed by atoms with Crippen molar-refractivity contribution >= 4 is 5.69 Å². The highest BCUT2D eigenvalue weighted by atomic mass is 19.4. The first-order valence-corrected chi connectivity index (χ1v) is 6.25. The average Bonchev–Trinajstić information content (AvgIpc) is 2.80. The van der Waals surface area contributed by atoms with E-state index in [1.165, 1.54) is 14.0 Å². The zero-order valence-corrected chi connectivity index (χ0v) is 11.9. The summed E-state index contributed by atoms with van der Waals surface area (Å²) in [5.74, 6) is -0.627. The lowest BCUT2D eigenvalue weighted by Crippen LogP contribution is -2.49. The molecule has 128 valence electrons. The molecule has 1 N–H and O–H groups in total. The van der Waals surface area contributed by atoms with Crippen molar-refractivity contribution in [2.45, 2.75) is 25.6 Å². The summed E-state index contributed by atoms with van der Waals surface area (Å²) >= 11 is 0. The molecule has 1 aliphatic heterocycles. The first kappa shape index (κ1) is 17.1. The summed E-state index contributed by atoms with van der Waals surface area (Å²) in [5.41, 5.74) is 0.201. The fraction of sp³-hybridized carbons (Fsp3) is 0.385. The molecular formula is C13H12F6N2O2. The van der Waals surface area contributed by atoms with Crippen LogP contribution in [0.1, 0.15) is 5.56 Å². The highest BCUT2D eigenvalue weighted by molar-refractivity contribution is 5.61. The molecular weight excluding hydrogens is 330 g/mol. The van der Waals surface area contributed by atoms with E-state index < -0.39 is 24.5 Å². The van der Waals surface area contributed by atoms with Crippen LogP contribution in [0.25, 0.3) is 0 Å². The van der Waals surface area contributed by atoms with Crippen LogP contribution in [-0.2, 0) is 4.74 Å². The molecule has 0 saturated carbocycles. The third-order valence-electron chi connectivity index (χ3n) is 3.04. The van der Waals surface area contributed by atoms with Gasteiger partial charge in [-0.25, -0.2) is 0 Å². The van der Waals surface area contributed by atoms with Crippen molar-refractivity contribution < 1.29 is 35.8 Å². The lowest BCUT2D eigenvalue weighted by molar-refractivity contribution is -0.274. The quantitative estimate of drug-likeness (QED) is 0.851. The van der Waals surface area contributed by atoms with E-state index in [1.807, 2.05) is 0 Å². The first-order valence-electron chi connectivity index (χ1n) is 6.25. The van der Waals surface area contributed by atoms with Crippen LogP contribution in [0.4, 0.5) is 32.0 Å². The normalized spacial score (nSPS) is 18.5. The molecule has 23 heavy (non-hydrogen) atoms. The molecule has 0 bridgehead atoms. The largest absolute Gasteiger partial charge is 0.573 e. The van der Waals surface area contributed by atoms with E-state index in [0.717, 1.165) is 29.3 Å². The number of nitrogens with zero attached hydrogens (tertiary/aromatic N) is 1. The molecule has 0 aliphatic carbocycles. The number of alkyl halides is 6. The maximum atomic E-state index is 13.1. The van der Waals surface area contributed by atoms with Gasteiger partial charge in [0.05, 0.1) is 13.3 Å². The molecule has 1 unspecified atom stereocenters. The maximum absolute atomic E-state index is 13.1. The van der Waals surface area contributed by atoms with Crippen molar-refractivity contribution in [1.82, 2.24) is 5.32 Å². The summed E-state index contributed by atoms with van der Waals surface area (Å²) in [4.78, 5) is 0.812. The zero-order chi connectivity index (χ0) is 17.4. The Bertz CT molecular complexity index is 611. The molecule has 2 rings (SSSR count). The van der Waals surface area contributed by atoms with Crippen molar-refractivity contribution in [2.24, 2.45) is 0 Å². The molecule has 1 aromatic rings. The van der Waals surface area contributed by atoms with Crippen LogP contribution in [-0.4, -0.2) is 25.8 Å². The number of hydrogen-bond donors (Lipinski definition) is 1. The van der Waals surface area contributed by atoms with Gasteiger partial charge < -0.3 is 14.8 Å². The predicted molar refractivity (Wildman–Crippen MR) is 68.4 cm³/mol. The summed E-state index contributed by atoms with van der Waals surface area (Å²) in [6, 6.07) is 3.05. The summed E-state index contributed by atoms with van der Waals surface area (Å²) in [7, 11) is 1.19. The van der Waals surface area contributed by atoms with Crippen molar-refractivity contribution in [3.8, 4) is 5.75 Å². The van der Waals surface area contributed by atoms with Gasteiger partial charge in [0.15, 0.2) is 0 Å².